The van der Waals surface area contributed by atoms with Gasteiger partial charge < -0.3 is 33.5 Å². The van der Waals surface area contributed by atoms with Gasteiger partial charge in [0.25, 0.3) is 0 Å². The van der Waals surface area contributed by atoms with Crippen LogP contribution in [0.25, 0.3) is 22.0 Å². The minimum Gasteiger partial charge on any atom is -0.492 e. The summed E-state index contributed by atoms with van der Waals surface area (Å²) in [5.74, 6) is 0.512. The van der Waals surface area contributed by atoms with E-state index in [-0.39, 0.29) is 24.0 Å². The first kappa shape index (κ1) is 37.4. The highest BCUT2D eigenvalue weighted by Gasteiger charge is 2.43. The van der Waals surface area contributed by atoms with Crippen LogP contribution >= 0.6 is 0 Å². The maximum atomic E-state index is 15.0. The second kappa shape index (κ2) is 16.6. The van der Waals surface area contributed by atoms with Gasteiger partial charge in [0.15, 0.2) is 0 Å². The second-order valence-corrected chi connectivity index (χ2v) is 15.6. The van der Waals surface area contributed by atoms with E-state index in [4.69, 9.17) is 14.2 Å². The molecule has 1 aliphatic carbocycles. The van der Waals surface area contributed by atoms with Gasteiger partial charge >= 0.3 is 6.09 Å². The number of likely N-dealkylation sites (N-methyl/N-ethyl adjacent to an activating group) is 1. The van der Waals surface area contributed by atoms with Crippen molar-refractivity contribution in [2.45, 2.75) is 77.1 Å². The molecule has 3 aromatic carbocycles. The normalized spacial score (nSPS) is 17.8. The number of fused-ring (bicyclic) bond motifs is 1. The third-order valence-corrected chi connectivity index (χ3v) is 10.1. The Hall–Kier alpha value is -4.34. The fraction of sp³-hybridized carbons (Fsp3) is 0.488. The Balaban J connectivity index is 1.28. The first-order valence-corrected chi connectivity index (χ1v) is 18.8. The number of methoxy groups -OCH3 is 1. The van der Waals surface area contributed by atoms with Crippen molar-refractivity contribution in [1.29, 1.82) is 0 Å². The van der Waals surface area contributed by atoms with Gasteiger partial charge in [-0.3, -0.25) is 4.79 Å². The number of hydrogen-bond donors (Lipinski definition) is 0. The van der Waals surface area contributed by atoms with Crippen LogP contribution in [-0.2, 0) is 27.4 Å². The largest absolute Gasteiger partial charge is 0.492 e. The fourth-order valence-corrected chi connectivity index (χ4v) is 7.31. The van der Waals surface area contributed by atoms with E-state index in [0.29, 0.717) is 39.3 Å². The van der Waals surface area contributed by atoms with Crippen molar-refractivity contribution >= 4 is 22.9 Å². The zero-order valence-corrected chi connectivity index (χ0v) is 31.8. The van der Waals surface area contributed by atoms with Crippen LogP contribution in [0.15, 0.2) is 79.0 Å². The highest BCUT2D eigenvalue weighted by Crippen LogP contribution is 2.40. The maximum Gasteiger partial charge on any atom is 0.410 e. The summed E-state index contributed by atoms with van der Waals surface area (Å²) >= 11 is 0. The molecule has 2 heterocycles. The monoisotopic (exact) mass is 708 g/mol. The number of aromatic nitrogens is 1. The van der Waals surface area contributed by atoms with Gasteiger partial charge in [0, 0.05) is 69.6 Å². The quantitative estimate of drug-likeness (QED) is 0.124. The number of amides is 2. The summed E-state index contributed by atoms with van der Waals surface area (Å²) in [5, 5.41) is 1.18. The minimum atomic E-state index is -0.619. The number of para-hydroxylation sites is 1. The molecule has 2 atom stereocenters. The van der Waals surface area contributed by atoms with Crippen LogP contribution in [0.5, 0.6) is 5.75 Å². The molecule has 1 aromatic heterocycles. The molecule has 2 aliphatic rings. The van der Waals surface area contributed by atoms with E-state index in [1.165, 1.54) is 10.9 Å². The van der Waals surface area contributed by atoms with Gasteiger partial charge in [-0.1, -0.05) is 54.6 Å². The Labute approximate surface area is 309 Å². The Bertz CT molecular complexity index is 1810. The number of nitrogens with zero attached hydrogens (tertiary/aromatic N) is 4. The van der Waals surface area contributed by atoms with Gasteiger partial charge in [0.2, 0.25) is 5.91 Å². The Morgan fingerprint density at radius 3 is 2.38 bits per heavy atom. The van der Waals surface area contributed by atoms with Crippen molar-refractivity contribution in [3.63, 3.8) is 0 Å². The number of hydrogen-bond acceptors (Lipinski definition) is 6. The molecule has 0 unspecified atom stereocenters. The zero-order chi connectivity index (χ0) is 36.8. The molecule has 0 bridgehead atoms. The maximum absolute atomic E-state index is 15.0. The Morgan fingerprint density at radius 2 is 1.67 bits per heavy atom. The van der Waals surface area contributed by atoms with E-state index in [2.05, 4.69) is 81.2 Å². The van der Waals surface area contributed by atoms with Crippen LogP contribution in [0, 0.1) is 5.92 Å². The molecule has 2 amide bonds. The lowest BCUT2D eigenvalue weighted by molar-refractivity contribution is -0.139. The predicted octanol–water partition coefficient (Wildman–Crippen LogP) is 7.82. The van der Waals surface area contributed by atoms with Crippen LogP contribution in [0.1, 0.15) is 63.5 Å². The van der Waals surface area contributed by atoms with Gasteiger partial charge in [0.1, 0.15) is 18.0 Å². The number of benzene rings is 3. The topological polar surface area (TPSA) is 76.5 Å². The first-order chi connectivity index (χ1) is 25.0. The van der Waals surface area contributed by atoms with Gasteiger partial charge in [-0.25, -0.2) is 4.79 Å². The number of aryl methyl sites for hydroxylation is 1. The molecule has 2 fully saturated rings. The van der Waals surface area contributed by atoms with E-state index in [9.17, 15) is 4.79 Å². The number of rotatable bonds is 14. The third-order valence-electron chi connectivity index (χ3n) is 10.1. The van der Waals surface area contributed by atoms with Crippen LogP contribution in [0.3, 0.4) is 0 Å². The van der Waals surface area contributed by atoms with E-state index < -0.39 is 11.5 Å². The molecular weight excluding hydrogens is 652 g/mol. The average Bonchev–Trinajstić information content (AvgIpc) is 3.91. The summed E-state index contributed by atoms with van der Waals surface area (Å²) in [4.78, 5) is 34.4. The number of carbonyl (C=O) groups excluding carboxylic acids is 2. The van der Waals surface area contributed by atoms with Crippen LogP contribution in [0.4, 0.5) is 4.79 Å². The summed E-state index contributed by atoms with van der Waals surface area (Å²) in [6, 6.07) is 25.5. The van der Waals surface area contributed by atoms with Crippen LogP contribution in [0.2, 0.25) is 0 Å². The number of ether oxygens (including phenoxy) is 3. The predicted molar refractivity (Wildman–Crippen MR) is 207 cm³/mol. The van der Waals surface area contributed by atoms with Crippen molar-refractivity contribution in [2.75, 3.05) is 54.1 Å². The van der Waals surface area contributed by atoms with Gasteiger partial charge in [-0.05, 0) is 107 Å². The van der Waals surface area contributed by atoms with Crippen LogP contribution < -0.4 is 4.74 Å². The van der Waals surface area contributed by atoms with Crippen molar-refractivity contribution in [1.82, 2.24) is 19.3 Å². The molecule has 0 radical (unpaired) electrons. The molecule has 1 saturated carbocycles. The number of carbonyl (C=O) groups is 2. The van der Waals surface area contributed by atoms with Crippen molar-refractivity contribution in [3.8, 4) is 16.9 Å². The molecule has 9 heteroatoms. The Morgan fingerprint density at radius 1 is 0.904 bits per heavy atom. The van der Waals surface area contributed by atoms with Crippen molar-refractivity contribution in [3.05, 3.63) is 90.1 Å². The molecule has 0 spiro atoms. The summed E-state index contributed by atoms with van der Waals surface area (Å²) in [5.41, 5.74) is 5.02. The summed E-state index contributed by atoms with van der Waals surface area (Å²) in [6.07, 6.45) is 5.44. The summed E-state index contributed by atoms with van der Waals surface area (Å²) in [7, 11) is 5.81. The van der Waals surface area contributed by atoms with E-state index in [1.54, 1.807) is 12.0 Å². The zero-order valence-electron chi connectivity index (χ0n) is 31.8. The van der Waals surface area contributed by atoms with Crippen LogP contribution in [-0.4, -0.2) is 97.0 Å². The van der Waals surface area contributed by atoms with Gasteiger partial charge in [0.05, 0.1) is 5.92 Å². The first-order valence-electron chi connectivity index (χ1n) is 18.8. The third kappa shape index (κ3) is 9.36. The molecule has 0 N–H and O–H groups in total. The number of piperidine rings is 1. The standard InChI is InChI=1S/C43H56N4O5/c1-43(2,3)52-42(49)46-23-21-37(33-12-9-11-32(27-33)31-15-19-36(20-16-31)51-26-24-44(4)5)39(30-46)41(48)47(35-17-18-35)29-34-28-45(22-10-25-50-6)40-14-8-7-13-38(34)40/h7-9,11-16,19-20,27-28,35,37,39H,10,17-18,21-26,29-30H2,1-6H3/t37-,39+/m1/s1. The lowest BCUT2D eigenvalue weighted by Crippen LogP contribution is -2.51. The second-order valence-electron chi connectivity index (χ2n) is 15.6. The SMILES string of the molecule is COCCCn1cc(CN(C(=O)[C@H]2CN(C(=O)OC(C)(C)C)CC[C@@H]2c2cccc(-c3ccc(OCCN(C)C)cc3)c2)C2CC2)c2ccccc21. The molecule has 52 heavy (non-hydrogen) atoms. The molecule has 1 saturated heterocycles. The number of likely N-dealkylation sites (tertiary alicyclic amines) is 1. The lowest BCUT2D eigenvalue weighted by atomic mass is 9.79. The van der Waals surface area contributed by atoms with Crippen molar-refractivity contribution < 1.29 is 23.8 Å². The molecule has 278 valence electrons. The smallest absolute Gasteiger partial charge is 0.410 e. The van der Waals surface area contributed by atoms with Gasteiger partial charge in [-0.2, -0.15) is 0 Å². The molecular formula is C43H56N4O5. The fourth-order valence-electron chi connectivity index (χ4n) is 7.31. The van der Waals surface area contributed by atoms with E-state index in [0.717, 1.165) is 60.4 Å². The molecule has 6 rings (SSSR count). The van der Waals surface area contributed by atoms with E-state index in [1.807, 2.05) is 47.0 Å². The summed E-state index contributed by atoms with van der Waals surface area (Å²) < 4.78 is 19.4. The minimum absolute atomic E-state index is 0.0450. The molecule has 1 aliphatic heterocycles. The molecule has 4 aromatic rings. The highest BCUT2D eigenvalue weighted by atomic mass is 16.6. The van der Waals surface area contributed by atoms with Crippen molar-refractivity contribution in [2.24, 2.45) is 5.92 Å². The Kier molecular flexibility index (Phi) is 11.9. The summed E-state index contributed by atoms with van der Waals surface area (Å²) in [6.45, 7) is 10.1. The van der Waals surface area contributed by atoms with E-state index >= 15 is 4.79 Å². The molecule has 9 nitrogen and oxygen atoms in total. The van der Waals surface area contributed by atoms with Gasteiger partial charge in [-0.15, -0.1) is 0 Å². The highest BCUT2D eigenvalue weighted by molar-refractivity contribution is 5.86. The lowest BCUT2D eigenvalue weighted by Gasteiger charge is -2.40. The average molecular weight is 709 g/mol.